The standard InChI is InChI=1S/C19H29F2N5O3/c1-25(2)18(27)14-24-19(22-5-7-26-8-11-28-12-9-26)23-6-10-29-17-4-3-15(20)13-16(17)21/h3-4,13H,5-12,14H2,1-2H3,(H2,22,23,24). The molecule has 2 N–H and O–H groups in total. The fourth-order valence-electron chi connectivity index (χ4n) is 2.54. The van der Waals surface area contributed by atoms with Gasteiger partial charge in [0.15, 0.2) is 17.5 Å². The van der Waals surface area contributed by atoms with E-state index in [4.69, 9.17) is 9.47 Å². The molecule has 1 aliphatic rings. The minimum atomic E-state index is -0.751. The molecule has 29 heavy (non-hydrogen) atoms. The largest absolute Gasteiger partial charge is 0.489 e. The number of ether oxygens (including phenoxy) is 2. The monoisotopic (exact) mass is 413 g/mol. The highest BCUT2D eigenvalue weighted by molar-refractivity contribution is 5.84. The van der Waals surface area contributed by atoms with Crippen molar-refractivity contribution in [3.8, 4) is 5.75 Å². The van der Waals surface area contributed by atoms with Gasteiger partial charge in [0.25, 0.3) is 0 Å². The van der Waals surface area contributed by atoms with Gasteiger partial charge in [0, 0.05) is 46.3 Å². The summed E-state index contributed by atoms with van der Waals surface area (Å²) in [5, 5.41) is 6.24. The summed E-state index contributed by atoms with van der Waals surface area (Å²) < 4.78 is 37.2. The number of aliphatic imine (C=N–C) groups is 1. The minimum Gasteiger partial charge on any atom is -0.489 e. The van der Waals surface area contributed by atoms with Crippen LogP contribution < -0.4 is 15.4 Å². The number of morpholine rings is 1. The number of nitrogens with zero attached hydrogens (tertiary/aromatic N) is 3. The Morgan fingerprint density at radius 2 is 1.97 bits per heavy atom. The first-order valence-corrected chi connectivity index (χ1v) is 9.56. The summed E-state index contributed by atoms with van der Waals surface area (Å²) in [7, 11) is 3.34. The van der Waals surface area contributed by atoms with Crippen molar-refractivity contribution in [3.05, 3.63) is 29.8 Å². The third kappa shape index (κ3) is 8.61. The fraction of sp³-hybridized carbons (Fsp3) is 0.579. The minimum absolute atomic E-state index is 0.00728. The second-order valence-corrected chi connectivity index (χ2v) is 6.68. The van der Waals surface area contributed by atoms with Crippen molar-refractivity contribution in [2.75, 3.05) is 73.2 Å². The van der Waals surface area contributed by atoms with E-state index >= 15 is 0 Å². The van der Waals surface area contributed by atoms with E-state index in [1.165, 1.54) is 11.0 Å². The molecule has 10 heteroatoms. The molecule has 8 nitrogen and oxygen atoms in total. The van der Waals surface area contributed by atoms with Crippen molar-refractivity contribution >= 4 is 11.9 Å². The molecule has 162 valence electrons. The molecule has 1 fully saturated rings. The Labute approximate surface area is 169 Å². The topological polar surface area (TPSA) is 78.4 Å². The number of halogens is 2. The molecule has 0 radical (unpaired) electrons. The molecule has 1 aliphatic heterocycles. The third-order valence-corrected chi connectivity index (χ3v) is 4.24. The number of hydrogen-bond acceptors (Lipinski definition) is 5. The summed E-state index contributed by atoms with van der Waals surface area (Å²) in [5.41, 5.74) is 0. The zero-order valence-electron chi connectivity index (χ0n) is 16.9. The summed E-state index contributed by atoms with van der Waals surface area (Å²) in [6.07, 6.45) is 0. The molecule has 1 amide bonds. The van der Waals surface area contributed by atoms with Crippen LogP contribution in [0.2, 0.25) is 0 Å². The van der Waals surface area contributed by atoms with Crippen LogP contribution in [0.5, 0.6) is 5.75 Å². The normalized spacial score (nSPS) is 15.1. The number of rotatable bonds is 9. The molecular formula is C19H29F2N5O3. The van der Waals surface area contributed by atoms with Gasteiger partial charge in [0.05, 0.1) is 19.8 Å². The molecule has 1 aromatic carbocycles. The summed E-state index contributed by atoms with van der Waals surface area (Å²) in [6, 6.07) is 3.16. The fourth-order valence-corrected chi connectivity index (χ4v) is 2.54. The molecule has 0 aromatic heterocycles. The maximum Gasteiger partial charge on any atom is 0.243 e. The van der Waals surface area contributed by atoms with Gasteiger partial charge < -0.3 is 25.0 Å². The van der Waals surface area contributed by atoms with Crippen LogP contribution in [0.1, 0.15) is 0 Å². The van der Waals surface area contributed by atoms with Gasteiger partial charge in [-0.3, -0.25) is 9.69 Å². The highest BCUT2D eigenvalue weighted by atomic mass is 19.1. The highest BCUT2D eigenvalue weighted by Gasteiger charge is 2.10. The van der Waals surface area contributed by atoms with Gasteiger partial charge in [0.2, 0.25) is 5.91 Å². The molecule has 0 unspecified atom stereocenters. The van der Waals surface area contributed by atoms with Gasteiger partial charge in [-0.05, 0) is 12.1 Å². The molecule has 0 atom stereocenters. The van der Waals surface area contributed by atoms with Crippen LogP contribution >= 0.6 is 0 Å². The van der Waals surface area contributed by atoms with Crippen LogP contribution in [0, 0.1) is 11.6 Å². The smallest absolute Gasteiger partial charge is 0.243 e. The zero-order valence-corrected chi connectivity index (χ0v) is 16.9. The molecule has 0 saturated carbocycles. The molecule has 0 aliphatic carbocycles. The van der Waals surface area contributed by atoms with Crippen LogP contribution in [0.3, 0.4) is 0 Å². The Bertz CT molecular complexity index is 682. The van der Waals surface area contributed by atoms with E-state index in [0.717, 1.165) is 45.0 Å². The van der Waals surface area contributed by atoms with E-state index in [1.54, 1.807) is 14.1 Å². The SMILES string of the molecule is CN(C)C(=O)CN=C(NCCOc1ccc(F)cc1F)NCCN1CCOCC1. The van der Waals surface area contributed by atoms with Crippen LogP contribution in [-0.2, 0) is 9.53 Å². The molecule has 0 spiro atoms. The predicted molar refractivity (Wildman–Crippen MR) is 106 cm³/mol. The third-order valence-electron chi connectivity index (χ3n) is 4.24. The van der Waals surface area contributed by atoms with E-state index in [2.05, 4.69) is 20.5 Å². The first-order valence-electron chi connectivity index (χ1n) is 9.56. The Morgan fingerprint density at radius 1 is 1.24 bits per heavy atom. The second kappa shape index (κ2) is 12.2. The van der Waals surface area contributed by atoms with E-state index in [0.29, 0.717) is 19.0 Å². The molecule has 0 bridgehead atoms. The molecule has 1 heterocycles. The van der Waals surface area contributed by atoms with Crippen molar-refractivity contribution in [2.24, 2.45) is 4.99 Å². The van der Waals surface area contributed by atoms with Crippen LogP contribution in [-0.4, -0.2) is 94.9 Å². The van der Waals surface area contributed by atoms with Gasteiger partial charge in [-0.2, -0.15) is 0 Å². The highest BCUT2D eigenvalue weighted by Crippen LogP contribution is 2.17. The van der Waals surface area contributed by atoms with E-state index < -0.39 is 11.6 Å². The van der Waals surface area contributed by atoms with Gasteiger partial charge >= 0.3 is 0 Å². The average molecular weight is 413 g/mol. The van der Waals surface area contributed by atoms with Gasteiger partial charge in [-0.15, -0.1) is 0 Å². The van der Waals surface area contributed by atoms with Gasteiger partial charge in [-0.25, -0.2) is 13.8 Å². The van der Waals surface area contributed by atoms with Crippen LogP contribution in [0.25, 0.3) is 0 Å². The van der Waals surface area contributed by atoms with E-state index in [1.807, 2.05) is 0 Å². The number of likely N-dealkylation sites (N-methyl/N-ethyl adjacent to an activating group) is 1. The number of benzene rings is 1. The number of hydrogen-bond donors (Lipinski definition) is 2. The summed E-state index contributed by atoms with van der Waals surface area (Å²) in [6.45, 7) is 5.19. The quantitative estimate of drug-likeness (QED) is 0.345. The van der Waals surface area contributed by atoms with Crippen molar-refractivity contribution in [1.82, 2.24) is 20.4 Å². The lowest BCUT2D eigenvalue weighted by Crippen LogP contribution is -2.45. The lowest BCUT2D eigenvalue weighted by atomic mass is 10.3. The van der Waals surface area contributed by atoms with Gasteiger partial charge in [0.1, 0.15) is 19.0 Å². The van der Waals surface area contributed by atoms with E-state index in [9.17, 15) is 13.6 Å². The maximum absolute atomic E-state index is 13.6. The zero-order chi connectivity index (χ0) is 21.1. The second-order valence-electron chi connectivity index (χ2n) is 6.68. The molecule has 1 saturated heterocycles. The summed E-state index contributed by atoms with van der Waals surface area (Å²) >= 11 is 0. The number of carbonyl (C=O) groups excluding carboxylic acids is 1. The van der Waals surface area contributed by atoms with Crippen molar-refractivity contribution in [3.63, 3.8) is 0 Å². The van der Waals surface area contributed by atoms with Crippen LogP contribution in [0.15, 0.2) is 23.2 Å². The molecule has 1 aromatic rings. The lowest BCUT2D eigenvalue weighted by Gasteiger charge is -2.26. The van der Waals surface area contributed by atoms with Gasteiger partial charge in [-0.1, -0.05) is 0 Å². The summed E-state index contributed by atoms with van der Waals surface area (Å²) in [5.74, 6) is -1.08. The Balaban J connectivity index is 1.79. The Hall–Kier alpha value is -2.46. The van der Waals surface area contributed by atoms with Crippen LogP contribution in [0.4, 0.5) is 8.78 Å². The van der Waals surface area contributed by atoms with E-state index in [-0.39, 0.29) is 24.8 Å². The average Bonchev–Trinajstić information content (AvgIpc) is 2.70. The lowest BCUT2D eigenvalue weighted by molar-refractivity contribution is -0.127. The number of nitrogens with one attached hydrogen (secondary N) is 2. The summed E-state index contributed by atoms with van der Waals surface area (Å²) in [4.78, 5) is 19.8. The first kappa shape index (κ1) is 22.8. The number of amides is 1. The van der Waals surface area contributed by atoms with Crippen molar-refractivity contribution < 1.29 is 23.0 Å². The maximum atomic E-state index is 13.6. The van der Waals surface area contributed by atoms with Crippen molar-refractivity contribution in [2.45, 2.75) is 0 Å². The number of guanidine groups is 1. The Morgan fingerprint density at radius 3 is 2.66 bits per heavy atom. The molecular weight excluding hydrogens is 384 g/mol. The number of carbonyl (C=O) groups is 1. The first-order chi connectivity index (χ1) is 14.0. The Kier molecular flexibility index (Phi) is 9.58. The molecule has 2 rings (SSSR count). The van der Waals surface area contributed by atoms with Crippen molar-refractivity contribution in [1.29, 1.82) is 0 Å². The predicted octanol–water partition coefficient (Wildman–Crippen LogP) is 0.299.